The number of anilines is 1. The van der Waals surface area contributed by atoms with Gasteiger partial charge in [0.1, 0.15) is 0 Å². The number of methoxy groups -OCH3 is 1. The molecule has 8 heteroatoms. The second-order valence-electron chi connectivity index (χ2n) is 4.47. The van der Waals surface area contributed by atoms with Crippen molar-refractivity contribution >= 4 is 33.4 Å². The van der Waals surface area contributed by atoms with Gasteiger partial charge in [0.15, 0.2) is 18.1 Å². The zero-order valence-electron chi connectivity index (χ0n) is 12.2. The molecule has 7 nitrogen and oxygen atoms in total. The van der Waals surface area contributed by atoms with E-state index in [9.17, 15) is 9.59 Å². The number of primary amides is 1. The third-order valence-electron chi connectivity index (χ3n) is 2.76. The summed E-state index contributed by atoms with van der Waals surface area (Å²) in [6, 6.07) is 6.46. The molecule has 0 aliphatic heterocycles. The van der Waals surface area contributed by atoms with E-state index in [2.05, 4.69) is 26.2 Å². The number of pyridine rings is 1. The average molecular weight is 380 g/mol. The van der Waals surface area contributed by atoms with Crippen LogP contribution in [0.1, 0.15) is 10.4 Å². The SMILES string of the molecule is COc1ccc(NC(=O)c2cncc(Br)c2)cc1OCC(N)=O. The molecule has 0 atom stereocenters. The van der Waals surface area contributed by atoms with Crippen LogP contribution >= 0.6 is 15.9 Å². The Labute approximate surface area is 140 Å². The third kappa shape index (κ3) is 4.68. The van der Waals surface area contributed by atoms with Gasteiger partial charge in [-0.25, -0.2) is 0 Å². The van der Waals surface area contributed by atoms with Crippen LogP contribution in [0.25, 0.3) is 0 Å². The number of amides is 2. The van der Waals surface area contributed by atoms with E-state index in [-0.39, 0.29) is 12.5 Å². The van der Waals surface area contributed by atoms with Crippen LogP contribution in [0.2, 0.25) is 0 Å². The summed E-state index contributed by atoms with van der Waals surface area (Å²) in [4.78, 5) is 26.9. The molecule has 0 radical (unpaired) electrons. The van der Waals surface area contributed by atoms with Gasteiger partial charge in [-0.3, -0.25) is 14.6 Å². The standard InChI is InChI=1S/C15H14BrN3O4/c1-22-12-3-2-11(5-13(12)23-8-14(17)20)19-15(21)9-4-10(16)7-18-6-9/h2-7H,8H2,1H3,(H2,17,20)(H,19,21). The molecule has 1 aromatic carbocycles. The van der Waals surface area contributed by atoms with Crippen LogP contribution < -0.4 is 20.5 Å². The molecule has 2 rings (SSSR count). The molecule has 0 saturated heterocycles. The lowest BCUT2D eigenvalue weighted by Crippen LogP contribution is -2.20. The first kappa shape index (κ1) is 16.8. The number of halogens is 1. The molecule has 0 bridgehead atoms. The number of rotatable bonds is 6. The van der Waals surface area contributed by atoms with Crippen LogP contribution in [0.5, 0.6) is 11.5 Å². The van der Waals surface area contributed by atoms with Crippen LogP contribution in [-0.2, 0) is 4.79 Å². The van der Waals surface area contributed by atoms with Crippen molar-refractivity contribution in [2.24, 2.45) is 5.73 Å². The van der Waals surface area contributed by atoms with Crippen molar-refractivity contribution in [2.45, 2.75) is 0 Å². The van der Waals surface area contributed by atoms with Gasteiger partial charge in [-0.05, 0) is 34.1 Å². The Morgan fingerprint density at radius 2 is 2.04 bits per heavy atom. The summed E-state index contributed by atoms with van der Waals surface area (Å²) < 4.78 is 11.1. The van der Waals surface area contributed by atoms with Gasteiger partial charge in [0.05, 0.1) is 12.7 Å². The number of nitrogens with one attached hydrogen (secondary N) is 1. The molecule has 3 N–H and O–H groups in total. The molecule has 2 amide bonds. The van der Waals surface area contributed by atoms with Crippen LogP contribution in [-0.4, -0.2) is 30.5 Å². The van der Waals surface area contributed by atoms with Gasteiger partial charge >= 0.3 is 0 Å². The monoisotopic (exact) mass is 379 g/mol. The molecule has 2 aromatic rings. The van der Waals surface area contributed by atoms with Crippen molar-refractivity contribution in [3.8, 4) is 11.5 Å². The zero-order valence-corrected chi connectivity index (χ0v) is 13.8. The maximum atomic E-state index is 12.2. The Balaban J connectivity index is 2.17. The highest BCUT2D eigenvalue weighted by Gasteiger charge is 2.11. The molecule has 0 aliphatic carbocycles. The predicted octanol–water partition coefficient (Wildman–Crippen LogP) is 1.97. The number of hydrogen-bond acceptors (Lipinski definition) is 5. The highest BCUT2D eigenvalue weighted by Crippen LogP contribution is 2.30. The lowest BCUT2D eigenvalue weighted by Gasteiger charge is -2.12. The summed E-state index contributed by atoms with van der Waals surface area (Å²) in [7, 11) is 1.47. The third-order valence-corrected chi connectivity index (χ3v) is 3.19. The first-order valence-electron chi connectivity index (χ1n) is 6.50. The van der Waals surface area contributed by atoms with Crippen molar-refractivity contribution in [3.63, 3.8) is 0 Å². The van der Waals surface area contributed by atoms with E-state index in [4.69, 9.17) is 15.2 Å². The number of nitrogens with two attached hydrogens (primary N) is 1. The van der Waals surface area contributed by atoms with Gasteiger partial charge < -0.3 is 20.5 Å². The molecule has 0 fully saturated rings. The Bertz CT molecular complexity index is 736. The second-order valence-corrected chi connectivity index (χ2v) is 5.38. The predicted molar refractivity (Wildman–Crippen MR) is 87.6 cm³/mol. The number of benzene rings is 1. The van der Waals surface area contributed by atoms with Crippen molar-refractivity contribution in [3.05, 3.63) is 46.7 Å². The normalized spacial score (nSPS) is 10.0. The fourth-order valence-corrected chi connectivity index (χ4v) is 2.12. The first-order chi connectivity index (χ1) is 11.0. The first-order valence-corrected chi connectivity index (χ1v) is 7.30. The lowest BCUT2D eigenvalue weighted by atomic mass is 10.2. The Morgan fingerprint density at radius 1 is 1.26 bits per heavy atom. The molecule has 0 unspecified atom stereocenters. The van der Waals surface area contributed by atoms with Crippen molar-refractivity contribution in [1.82, 2.24) is 4.98 Å². The summed E-state index contributed by atoms with van der Waals surface area (Å²) in [6.07, 6.45) is 3.04. The van der Waals surface area contributed by atoms with Crippen molar-refractivity contribution in [1.29, 1.82) is 0 Å². The number of hydrogen-bond donors (Lipinski definition) is 2. The van der Waals surface area contributed by atoms with Crippen LogP contribution in [0.3, 0.4) is 0 Å². The number of carbonyl (C=O) groups excluding carboxylic acids is 2. The van der Waals surface area contributed by atoms with Crippen LogP contribution in [0.4, 0.5) is 5.69 Å². The number of ether oxygens (including phenoxy) is 2. The molecule has 120 valence electrons. The fourth-order valence-electron chi connectivity index (χ4n) is 1.76. The molecule has 23 heavy (non-hydrogen) atoms. The number of aromatic nitrogens is 1. The van der Waals surface area contributed by atoms with Crippen LogP contribution in [0, 0.1) is 0 Å². The van der Waals surface area contributed by atoms with Gasteiger partial charge in [0.2, 0.25) is 0 Å². The van der Waals surface area contributed by atoms with Crippen molar-refractivity contribution in [2.75, 3.05) is 19.0 Å². The van der Waals surface area contributed by atoms with E-state index in [1.54, 1.807) is 30.5 Å². The summed E-state index contributed by atoms with van der Waals surface area (Å²) in [6.45, 7) is -0.288. The highest BCUT2D eigenvalue weighted by atomic mass is 79.9. The Kier molecular flexibility index (Phi) is 5.53. The quantitative estimate of drug-likeness (QED) is 0.798. The van der Waals surface area contributed by atoms with Gasteiger partial charge in [-0.1, -0.05) is 0 Å². The maximum Gasteiger partial charge on any atom is 0.257 e. The summed E-state index contributed by atoms with van der Waals surface area (Å²) in [5.41, 5.74) is 5.93. The van der Waals surface area contributed by atoms with Crippen LogP contribution in [0.15, 0.2) is 41.1 Å². The maximum absolute atomic E-state index is 12.2. The Hall–Kier alpha value is -2.61. The van der Waals surface area contributed by atoms with Gasteiger partial charge in [0.25, 0.3) is 11.8 Å². The molecule has 1 aromatic heterocycles. The minimum Gasteiger partial charge on any atom is -0.493 e. The minimum absolute atomic E-state index is 0.288. The number of carbonyl (C=O) groups is 2. The number of nitrogens with zero attached hydrogens (tertiary/aromatic N) is 1. The molecule has 0 aliphatic rings. The summed E-state index contributed by atoms with van der Waals surface area (Å²) >= 11 is 3.26. The lowest BCUT2D eigenvalue weighted by molar-refractivity contribution is -0.119. The summed E-state index contributed by atoms with van der Waals surface area (Å²) in [5, 5.41) is 2.71. The Morgan fingerprint density at radius 3 is 2.70 bits per heavy atom. The topological polar surface area (TPSA) is 104 Å². The van der Waals surface area contributed by atoms with E-state index >= 15 is 0 Å². The van der Waals surface area contributed by atoms with E-state index in [0.29, 0.717) is 27.2 Å². The molecular formula is C15H14BrN3O4. The van der Waals surface area contributed by atoms with Crippen molar-refractivity contribution < 1.29 is 19.1 Å². The molecule has 0 spiro atoms. The van der Waals surface area contributed by atoms with E-state index < -0.39 is 5.91 Å². The molecule has 0 saturated carbocycles. The van der Waals surface area contributed by atoms with E-state index in [1.807, 2.05) is 0 Å². The average Bonchev–Trinajstić information content (AvgIpc) is 2.53. The van der Waals surface area contributed by atoms with E-state index in [0.717, 1.165) is 0 Å². The molecule has 1 heterocycles. The summed E-state index contributed by atoms with van der Waals surface area (Å²) in [5.74, 6) is -0.212. The fraction of sp³-hybridized carbons (Fsp3) is 0.133. The van der Waals surface area contributed by atoms with Gasteiger partial charge in [-0.2, -0.15) is 0 Å². The van der Waals surface area contributed by atoms with Gasteiger partial charge in [0, 0.05) is 28.6 Å². The zero-order chi connectivity index (χ0) is 16.8. The molecular weight excluding hydrogens is 366 g/mol. The second kappa shape index (κ2) is 7.59. The van der Waals surface area contributed by atoms with Gasteiger partial charge in [-0.15, -0.1) is 0 Å². The highest BCUT2D eigenvalue weighted by molar-refractivity contribution is 9.10. The minimum atomic E-state index is -0.610. The smallest absolute Gasteiger partial charge is 0.257 e. The largest absolute Gasteiger partial charge is 0.493 e. The van der Waals surface area contributed by atoms with E-state index in [1.165, 1.54) is 13.3 Å².